The van der Waals surface area contributed by atoms with Crippen LogP contribution in [-0.4, -0.2) is 52.3 Å². The maximum absolute atomic E-state index is 12.3. The van der Waals surface area contributed by atoms with Crippen LogP contribution in [0.3, 0.4) is 0 Å². The fourth-order valence-corrected chi connectivity index (χ4v) is 7.05. The summed E-state index contributed by atoms with van der Waals surface area (Å²) in [5, 5.41) is 0. The molecule has 2 N–H and O–H groups in total. The van der Waals surface area contributed by atoms with Gasteiger partial charge in [0.15, 0.2) is 19.7 Å². The molecule has 0 amide bonds. The average Bonchev–Trinajstić information content (AvgIpc) is 2.69. The first-order chi connectivity index (χ1) is 14.6. The van der Waals surface area contributed by atoms with Gasteiger partial charge in [-0.1, -0.05) is 24.3 Å². The molecule has 2 aromatic rings. The summed E-state index contributed by atoms with van der Waals surface area (Å²) in [5.41, 5.74) is 0. The molecule has 32 heavy (non-hydrogen) atoms. The Kier molecular flexibility index (Phi) is 7.32. The zero-order valence-corrected chi connectivity index (χ0v) is 19.5. The van der Waals surface area contributed by atoms with Gasteiger partial charge >= 0.3 is 6.16 Å². The lowest BCUT2D eigenvalue weighted by Crippen LogP contribution is -2.33. The SMILES string of the molecule is CS(=O)(=O)c1ccccc1S(=O)(=O)NOC(=O)ONS(=O)(=O)c1ccccc1S(C)(=O)=O. The van der Waals surface area contributed by atoms with Gasteiger partial charge in [-0.25, -0.2) is 33.7 Å². The number of carbonyl (C=O) groups is 1. The molecule has 0 aromatic heterocycles. The quantitative estimate of drug-likeness (QED) is 0.428. The van der Waals surface area contributed by atoms with Crippen LogP contribution < -0.4 is 9.77 Å². The van der Waals surface area contributed by atoms with E-state index in [0.29, 0.717) is 0 Å². The van der Waals surface area contributed by atoms with Crippen molar-refractivity contribution < 1.29 is 48.1 Å². The largest absolute Gasteiger partial charge is 0.549 e. The first-order valence-electron chi connectivity index (χ1n) is 8.05. The van der Waals surface area contributed by atoms with E-state index in [0.717, 1.165) is 36.8 Å². The smallest absolute Gasteiger partial charge is 0.321 e. The van der Waals surface area contributed by atoms with Gasteiger partial charge in [-0.2, -0.15) is 4.79 Å². The molecule has 0 unspecified atom stereocenters. The van der Waals surface area contributed by atoms with Crippen LogP contribution in [0.4, 0.5) is 4.79 Å². The molecule has 0 bridgehead atoms. The Labute approximate surface area is 184 Å². The van der Waals surface area contributed by atoms with Crippen molar-refractivity contribution >= 4 is 45.9 Å². The van der Waals surface area contributed by atoms with Crippen LogP contribution in [0.25, 0.3) is 0 Å². The molecule has 0 atom stereocenters. The zero-order valence-electron chi connectivity index (χ0n) is 16.2. The van der Waals surface area contributed by atoms with Gasteiger partial charge in [0.2, 0.25) is 0 Å². The van der Waals surface area contributed by atoms with Gasteiger partial charge in [0.05, 0.1) is 9.79 Å². The highest BCUT2D eigenvalue weighted by Gasteiger charge is 2.27. The minimum absolute atomic E-state index is 0.581. The van der Waals surface area contributed by atoms with E-state index in [1.54, 1.807) is 0 Å². The van der Waals surface area contributed by atoms with Crippen LogP contribution in [-0.2, 0) is 49.4 Å². The predicted octanol–water partition coefficient (Wildman–Crippen LogP) is -0.266. The average molecular weight is 529 g/mol. The molecule has 0 spiro atoms. The molecule has 0 aliphatic carbocycles. The van der Waals surface area contributed by atoms with Gasteiger partial charge in [0, 0.05) is 12.5 Å². The molecule has 17 heteroatoms. The third-order valence-electron chi connectivity index (χ3n) is 3.55. The fourth-order valence-electron chi connectivity index (χ4n) is 2.25. The number of carbonyl (C=O) groups excluding carboxylic acids is 1. The van der Waals surface area contributed by atoms with E-state index in [4.69, 9.17) is 0 Å². The lowest BCUT2D eigenvalue weighted by molar-refractivity contribution is 0.0246. The van der Waals surface area contributed by atoms with E-state index < -0.39 is 65.5 Å². The predicted molar refractivity (Wildman–Crippen MR) is 107 cm³/mol. The maximum atomic E-state index is 12.3. The van der Waals surface area contributed by atoms with Crippen LogP contribution in [0, 0.1) is 0 Å². The van der Waals surface area contributed by atoms with Crippen molar-refractivity contribution in [2.45, 2.75) is 19.6 Å². The molecular formula is C15H16N2O11S4. The number of sulfonamides is 2. The van der Waals surface area contributed by atoms with Gasteiger partial charge in [-0.3, -0.25) is 0 Å². The number of hydrogen-bond acceptors (Lipinski definition) is 11. The second-order valence-electron chi connectivity index (χ2n) is 6.07. The van der Waals surface area contributed by atoms with Crippen molar-refractivity contribution in [3.63, 3.8) is 0 Å². The Balaban J connectivity index is 2.14. The monoisotopic (exact) mass is 528 g/mol. The minimum Gasteiger partial charge on any atom is -0.321 e. The Morgan fingerprint density at radius 1 is 0.594 bits per heavy atom. The normalized spacial score (nSPS) is 12.8. The van der Waals surface area contributed by atoms with Gasteiger partial charge in [0.1, 0.15) is 9.79 Å². The Morgan fingerprint density at radius 2 is 0.875 bits per heavy atom. The van der Waals surface area contributed by atoms with Crippen molar-refractivity contribution in [1.29, 1.82) is 0 Å². The second kappa shape index (κ2) is 9.12. The number of rotatable bonds is 8. The molecule has 0 saturated heterocycles. The van der Waals surface area contributed by atoms with E-state index >= 15 is 0 Å². The number of sulfone groups is 2. The molecule has 2 aromatic carbocycles. The summed E-state index contributed by atoms with van der Waals surface area (Å²) in [6.07, 6.45) is -0.370. The molecule has 0 aliphatic rings. The second-order valence-corrected chi connectivity index (χ2v) is 13.3. The first kappa shape index (κ1) is 25.7. The van der Waals surface area contributed by atoms with E-state index in [2.05, 4.69) is 9.68 Å². The van der Waals surface area contributed by atoms with Crippen molar-refractivity contribution in [3.05, 3.63) is 48.5 Å². The standard InChI is InChI=1S/C15H16N2O11S4/c1-29(19,20)11-7-3-5-9-13(11)31(23,24)16-27-15(18)28-17-32(25,26)14-10-6-4-8-12(14)30(2,21)22/h3-10,16-17H,1-2H3. The van der Waals surface area contributed by atoms with Gasteiger partial charge in [0.25, 0.3) is 20.0 Å². The van der Waals surface area contributed by atoms with Crippen LogP contribution in [0.2, 0.25) is 0 Å². The van der Waals surface area contributed by atoms with Crippen molar-refractivity contribution in [1.82, 2.24) is 9.77 Å². The highest BCUT2D eigenvalue weighted by Crippen LogP contribution is 2.21. The van der Waals surface area contributed by atoms with Crippen LogP contribution >= 0.6 is 0 Å². The van der Waals surface area contributed by atoms with Crippen LogP contribution in [0.1, 0.15) is 0 Å². The number of benzene rings is 2. The number of nitrogens with one attached hydrogen (secondary N) is 2. The fraction of sp³-hybridized carbons (Fsp3) is 0.133. The molecule has 0 fully saturated rings. The summed E-state index contributed by atoms with van der Waals surface area (Å²) in [6, 6.07) is 8.85. The summed E-state index contributed by atoms with van der Waals surface area (Å²) >= 11 is 0. The molecule has 176 valence electrons. The molecule has 0 radical (unpaired) electrons. The summed E-state index contributed by atoms with van der Waals surface area (Å²) in [6.45, 7) is 0. The van der Waals surface area contributed by atoms with Gasteiger partial charge in [-0.15, -0.1) is 0 Å². The summed E-state index contributed by atoms with van der Waals surface area (Å²) in [7, 11) is -17.3. The Hall–Kier alpha value is -2.57. The molecule has 0 heterocycles. The van der Waals surface area contributed by atoms with E-state index in [1.165, 1.54) is 34.0 Å². The Morgan fingerprint density at radius 3 is 1.16 bits per heavy atom. The third-order valence-corrected chi connectivity index (χ3v) is 8.59. The highest BCUT2D eigenvalue weighted by atomic mass is 32.2. The molecule has 13 nitrogen and oxygen atoms in total. The lowest BCUT2D eigenvalue weighted by atomic mass is 10.4. The van der Waals surface area contributed by atoms with Crippen molar-refractivity contribution in [3.8, 4) is 0 Å². The summed E-state index contributed by atoms with van der Waals surface area (Å²) < 4.78 is 96.0. The van der Waals surface area contributed by atoms with Gasteiger partial charge < -0.3 is 9.68 Å². The molecular weight excluding hydrogens is 512 g/mol. The highest BCUT2D eigenvalue weighted by molar-refractivity contribution is 7.93. The van der Waals surface area contributed by atoms with Crippen molar-refractivity contribution in [2.24, 2.45) is 0 Å². The molecule has 0 aliphatic heterocycles. The first-order valence-corrected chi connectivity index (χ1v) is 14.8. The maximum Gasteiger partial charge on any atom is 0.549 e. The molecule has 2 rings (SSSR count). The molecule has 0 saturated carbocycles. The van der Waals surface area contributed by atoms with Gasteiger partial charge in [-0.05, 0) is 34.0 Å². The van der Waals surface area contributed by atoms with Crippen LogP contribution in [0.15, 0.2) is 68.1 Å². The lowest BCUT2D eigenvalue weighted by Gasteiger charge is -2.11. The van der Waals surface area contributed by atoms with Crippen LogP contribution in [0.5, 0.6) is 0 Å². The summed E-state index contributed by atoms with van der Waals surface area (Å²) in [4.78, 5) is 19.8. The van der Waals surface area contributed by atoms with E-state index in [1.807, 2.05) is 0 Å². The van der Waals surface area contributed by atoms with E-state index in [9.17, 15) is 38.5 Å². The van der Waals surface area contributed by atoms with E-state index in [-0.39, 0.29) is 0 Å². The minimum atomic E-state index is -4.71. The third kappa shape index (κ3) is 6.24. The number of hydrogen-bond donors (Lipinski definition) is 2. The van der Waals surface area contributed by atoms with Crippen molar-refractivity contribution in [2.75, 3.05) is 12.5 Å². The Bertz CT molecular complexity index is 1350. The zero-order chi connectivity index (χ0) is 24.4. The summed E-state index contributed by atoms with van der Waals surface area (Å²) in [5.74, 6) is 0. The topological polar surface area (TPSA) is 196 Å².